The molecule has 0 aliphatic heterocycles. The van der Waals surface area contributed by atoms with Gasteiger partial charge in [-0.05, 0) is 23.6 Å². The van der Waals surface area contributed by atoms with Crippen LogP contribution in [0.1, 0.15) is 20.8 Å². The van der Waals surface area contributed by atoms with Gasteiger partial charge in [0, 0.05) is 13.2 Å². The van der Waals surface area contributed by atoms with E-state index in [1.165, 1.54) is 6.07 Å². The van der Waals surface area contributed by atoms with E-state index in [0.29, 0.717) is 10.7 Å². The Morgan fingerprint density at radius 3 is 2.76 bits per heavy atom. The lowest BCUT2D eigenvalue weighted by Gasteiger charge is -2.06. The van der Waals surface area contributed by atoms with Crippen LogP contribution in [-0.4, -0.2) is 29.0 Å². The fraction of sp³-hybridized carbons (Fsp3) is 0.154. The summed E-state index contributed by atoms with van der Waals surface area (Å²) in [4.78, 5) is 34.5. The van der Waals surface area contributed by atoms with Crippen molar-refractivity contribution in [1.82, 2.24) is 4.57 Å². The van der Waals surface area contributed by atoms with E-state index >= 15 is 0 Å². The number of esters is 1. The number of aromatic nitrogens is 1. The van der Waals surface area contributed by atoms with Gasteiger partial charge in [0.2, 0.25) is 0 Å². The van der Waals surface area contributed by atoms with Crippen molar-refractivity contribution in [3.05, 3.63) is 41.0 Å². The molecule has 0 aliphatic carbocycles. The van der Waals surface area contributed by atoms with Gasteiger partial charge in [-0.25, -0.2) is 4.79 Å². The molecule has 0 saturated heterocycles. The molecule has 2 amide bonds. The SMILES string of the molecule is Cn1cccc1C(=O)OCC(=O)Nc1sccc1C(N)=O. The predicted molar refractivity (Wildman–Crippen MR) is 77.2 cm³/mol. The van der Waals surface area contributed by atoms with Gasteiger partial charge in [-0.1, -0.05) is 0 Å². The second-order valence-corrected chi connectivity index (χ2v) is 5.07. The lowest BCUT2D eigenvalue weighted by atomic mass is 10.3. The zero-order valence-electron chi connectivity index (χ0n) is 11.2. The van der Waals surface area contributed by atoms with Gasteiger partial charge >= 0.3 is 5.97 Å². The molecule has 0 aromatic carbocycles. The van der Waals surface area contributed by atoms with Crippen LogP contribution in [0.5, 0.6) is 0 Å². The van der Waals surface area contributed by atoms with Crippen LogP contribution < -0.4 is 11.1 Å². The van der Waals surface area contributed by atoms with E-state index in [2.05, 4.69) is 5.32 Å². The molecule has 110 valence electrons. The second kappa shape index (κ2) is 6.23. The summed E-state index contributed by atoms with van der Waals surface area (Å²) >= 11 is 1.16. The molecule has 0 spiro atoms. The molecule has 0 aliphatic rings. The zero-order chi connectivity index (χ0) is 15.4. The number of rotatable bonds is 5. The fourth-order valence-electron chi connectivity index (χ4n) is 1.64. The van der Waals surface area contributed by atoms with Crippen LogP contribution in [0.25, 0.3) is 0 Å². The quantitative estimate of drug-likeness (QED) is 0.803. The molecule has 0 saturated carbocycles. The van der Waals surface area contributed by atoms with Crippen molar-refractivity contribution >= 4 is 34.1 Å². The third-order valence-corrected chi connectivity index (χ3v) is 3.50. The van der Waals surface area contributed by atoms with Crippen LogP contribution in [0.2, 0.25) is 0 Å². The minimum atomic E-state index is -0.632. The van der Waals surface area contributed by atoms with Crippen LogP contribution in [-0.2, 0) is 16.6 Å². The van der Waals surface area contributed by atoms with Crippen molar-refractivity contribution in [1.29, 1.82) is 0 Å². The maximum absolute atomic E-state index is 11.7. The minimum Gasteiger partial charge on any atom is -0.451 e. The highest BCUT2D eigenvalue weighted by molar-refractivity contribution is 7.14. The predicted octanol–water partition coefficient (Wildman–Crippen LogP) is 0.981. The molecule has 21 heavy (non-hydrogen) atoms. The number of amides is 2. The lowest BCUT2D eigenvalue weighted by Crippen LogP contribution is -2.22. The number of primary amides is 1. The van der Waals surface area contributed by atoms with Crippen molar-refractivity contribution in [2.24, 2.45) is 12.8 Å². The number of hydrogen-bond donors (Lipinski definition) is 2. The van der Waals surface area contributed by atoms with Gasteiger partial charge in [0.25, 0.3) is 11.8 Å². The van der Waals surface area contributed by atoms with Crippen molar-refractivity contribution < 1.29 is 19.1 Å². The number of hydrogen-bond acceptors (Lipinski definition) is 5. The summed E-state index contributed by atoms with van der Waals surface area (Å²) in [7, 11) is 1.70. The van der Waals surface area contributed by atoms with Crippen molar-refractivity contribution in [3.63, 3.8) is 0 Å². The number of thiophene rings is 1. The van der Waals surface area contributed by atoms with Gasteiger partial charge in [-0.3, -0.25) is 9.59 Å². The Bertz CT molecular complexity index is 689. The molecule has 0 bridgehead atoms. The Hall–Kier alpha value is -2.61. The Morgan fingerprint density at radius 1 is 1.38 bits per heavy atom. The third-order valence-electron chi connectivity index (χ3n) is 2.67. The number of nitrogens with zero attached hydrogens (tertiary/aromatic N) is 1. The topological polar surface area (TPSA) is 103 Å². The number of aryl methyl sites for hydroxylation is 1. The molecular weight excluding hydrogens is 294 g/mol. The molecule has 7 nitrogen and oxygen atoms in total. The first-order valence-corrected chi connectivity index (χ1v) is 6.82. The number of ether oxygens (including phenoxy) is 1. The molecular formula is C13H13N3O4S. The van der Waals surface area contributed by atoms with Crippen LogP contribution in [0.4, 0.5) is 5.00 Å². The molecule has 3 N–H and O–H groups in total. The maximum Gasteiger partial charge on any atom is 0.355 e. The summed E-state index contributed by atoms with van der Waals surface area (Å²) in [5, 5.41) is 4.45. The van der Waals surface area contributed by atoms with E-state index in [9.17, 15) is 14.4 Å². The average molecular weight is 307 g/mol. The van der Waals surface area contributed by atoms with Gasteiger partial charge in [-0.15, -0.1) is 11.3 Å². The summed E-state index contributed by atoms with van der Waals surface area (Å²) in [6.07, 6.45) is 1.70. The molecule has 0 radical (unpaired) electrons. The summed E-state index contributed by atoms with van der Waals surface area (Å²) in [6, 6.07) is 4.80. The van der Waals surface area contributed by atoms with Gasteiger partial charge in [0.15, 0.2) is 6.61 Å². The Morgan fingerprint density at radius 2 is 2.14 bits per heavy atom. The molecule has 2 rings (SSSR count). The highest BCUT2D eigenvalue weighted by Crippen LogP contribution is 2.22. The average Bonchev–Trinajstić information content (AvgIpc) is 3.04. The lowest BCUT2D eigenvalue weighted by molar-refractivity contribution is -0.119. The first-order chi connectivity index (χ1) is 9.99. The van der Waals surface area contributed by atoms with Crippen molar-refractivity contribution in [3.8, 4) is 0 Å². The van der Waals surface area contributed by atoms with Crippen LogP contribution >= 0.6 is 11.3 Å². The number of carbonyl (C=O) groups excluding carboxylic acids is 3. The van der Waals surface area contributed by atoms with Crippen LogP contribution in [0.3, 0.4) is 0 Å². The first kappa shape index (κ1) is 14.8. The first-order valence-electron chi connectivity index (χ1n) is 5.94. The van der Waals surface area contributed by atoms with E-state index in [1.807, 2.05) is 0 Å². The van der Waals surface area contributed by atoms with Crippen molar-refractivity contribution in [2.75, 3.05) is 11.9 Å². The summed E-state index contributed by atoms with van der Waals surface area (Å²) in [5.74, 6) is -1.77. The summed E-state index contributed by atoms with van der Waals surface area (Å²) in [5.41, 5.74) is 5.73. The van der Waals surface area contributed by atoms with E-state index in [4.69, 9.17) is 10.5 Å². The molecule has 2 aromatic heterocycles. The number of nitrogens with two attached hydrogens (primary N) is 1. The van der Waals surface area contributed by atoms with Crippen molar-refractivity contribution in [2.45, 2.75) is 0 Å². The van der Waals surface area contributed by atoms with E-state index in [1.54, 1.807) is 35.3 Å². The molecule has 0 fully saturated rings. The monoisotopic (exact) mass is 307 g/mol. The normalized spacial score (nSPS) is 10.1. The highest BCUT2D eigenvalue weighted by Gasteiger charge is 2.15. The molecule has 0 unspecified atom stereocenters. The molecule has 2 heterocycles. The Labute approximate surface area is 124 Å². The molecule has 8 heteroatoms. The summed E-state index contributed by atoms with van der Waals surface area (Å²) in [6.45, 7) is -0.444. The third kappa shape index (κ3) is 3.48. The number of nitrogens with one attached hydrogen (secondary N) is 1. The maximum atomic E-state index is 11.7. The van der Waals surface area contributed by atoms with Gasteiger partial charge in [0.1, 0.15) is 10.7 Å². The second-order valence-electron chi connectivity index (χ2n) is 4.16. The smallest absolute Gasteiger partial charge is 0.355 e. The fourth-order valence-corrected chi connectivity index (χ4v) is 2.45. The van der Waals surface area contributed by atoms with Crippen LogP contribution in [0, 0.1) is 0 Å². The van der Waals surface area contributed by atoms with Crippen LogP contribution in [0.15, 0.2) is 29.8 Å². The highest BCUT2D eigenvalue weighted by atomic mass is 32.1. The Kier molecular flexibility index (Phi) is 4.39. The zero-order valence-corrected chi connectivity index (χ0v) is 12.0. The van der Waals surface area contributed by atoms with E-state index in [0.717, 1.165) is 11.3 Å². The molecule has 0 atom stereocenters. The van der Waals surface area contributed by atoms with Gasteiger partial charge < -0.3 is 20.4 Å². The van der Waals surface area contributed by atoms with E-state index < -0.39 is 24.4 Å². The van der Waals surface area contributed by atoms with Gasteiger partial charge in [-0.2, -0.15) is 0 Å². The number of carbonyl (C=O) groups is 3. The van der Waals surface area contributed by atoms with E-state index in [-0.39, 0.29) is 5.56 Å². The molecule has 2 aromatic rings. The standard InChI is InChI=1S/C13H13N3O4S/c1-16-5-2-3-9(16)13(19)20-7-10(17)15-12-8(11(14)18)4-6-21-12/h2-6H,7H2,1H3,(H2,14,18)(H,15,17). The minimum absolute atomic E-state index is 0.224. The Balaban J connectivity index is 1.91. The number of anilines is 1. The van der Waals surface area contributed by atoms with Gasteiger partial charge in [0.05, 0.1) is 5.56 Å². The summed E-state index contributed by atoms with van der Waals surface area (Å²) < 4.78 is 6.48. The largest absolute Gasteiger partial charge is 0.451 e.